The number of halogens is 4. The van der Waals surface area contributed by atoms with E-state index in [1.807, 2.05) is 0 Å². The molecule has 0 aliphatic rings. The van der Waals surface area contributed by atoms with Gasteiger partial charge in [0.1, 0.15) is 11.6 Å². The van der Waals surface area contributed by atoms with Gasteiger partial charge in [-0.2, -0.15) is 0 Å². The van der Waals surface area contributed by atoms with Crippen LogP contribution < -0.4 is 5.32 Å². The Hall–Kier alpha value is -1.70. The second-order valence-corrected chi connectivity index (χ2v) is 7.44. The molecule has 2 rings (SSSR count). The highest BCUT2D eigenvalue weighted by Gasteiger charge is 2.17. The second-order valence-electron chi connectivity index (χ2n) is 4.61. The van der Waals surface area contributed by atoms with Gasteiger partial charge in [-0.25, -0.2) is 17.2 Å². The lowest BCUT2D eigenvalue weighted by atomic mass is 10.2. The summed E-state index contributed by atoms with van der Waals surface area (Å²) in [5.74, 6) is -2.63. The van der Waals surface area contributed by atoms with Crippen LogP contribution in [0.2, 0.25) is 10.0 Å². The molecule has 0 saturated heterocycles. The van der Waals surface area contributed by atoms with Gasteiger partial charge < -0.3 is 5.32 Å². The van der Waals surface area contributed by atoms with E-state index in [1.54, 1.807) is 0 Å². The van der Waals surface area contributed by atoms with Crippen LogP contribution in [0.4, 0.5) is 14.5 Å². The summed E-state index contributed by atoms with van der Waals surface area (Å²) in [7, 11) is -3.58. The predicted molar refractivity (Wildman–Crippen MR) is 83.9 cm³/mol. The second kappa shape index (κ2) is 6.43. The van der Waals surface area contributed by atoms with Gasteiger partial charge in [0.05, 0.1) is 26.2 Å². The number of nitrogens with one attached hydrogen (secondary N) is 1. The van der Waals surface area contributed by atoms with Crippen molar-refractivity contribution < 1.29 is 22.0 Å². The largest absolute Gasteiger partial charge is 0.319 e. The lowest BCUT2D eigenvalue weighted by Gasteiger charge is -2.10. The van der Waals surface area contributed by atoms with Gasteiger partial charge in [-0.15, -0.1) is 0 Å². The molecule has 0 aliphatic carbocycles. The van der Waals surface area contributed by atoms with Gasteiger partial charge in [-0.3, -0.25) is 4.79 Å². The Bertz CT molecular complexity index is 901. The van der Waals surface area contributed by atoms with Crippen LogP contribution >= 0.6 is 23.2 Å². The minimum absolute atomic E-state index is 0.131. The Labute approximate surface area is 140 Å². The average molecular weight is 380 g/mol. The summed E-state index contributed by atoms with van der Waals surface area (Å²) >= 11 is 11.3. The fourth-order valence-electron chi connectivity index (χ4n) is 1.72. The first kappa shape index (κ1) is 17.7. The number of carbonyl (C=O) groups excluding carboxylic acids is 1. The summed E-state index contributed by atoms with van der Waals surface area (Å²) in [6.07, 6.45) is 0.942. The summed E-state index contributed by atoms with van der Waals surface area (Å²) in [6, 6.07) is 4.77. The lowest BCUT2D eigenvalue weighted by molar-refractivity contribution is 0.102. The van der Waals surface area contributed by atoms with E-state index < -0.39 is 27.4 Å². The van der Waals surface area contributed by atoms with Crippen molar-refractivity contribution in [1.29, 1.82) is 0 Å². The summed E-state index contributed by atoms with van der Waals surface area (Å²) in [6.45, 7) is 0. The number of rotatable bonds is 3. The molecule has 0 heterocycles. The van der Waals surface area contributed by atoms with Crippen LogP contribution in [0.5, 0.6) is 0 Å². The minimum Gasteiger partial charge on any atom is -0.319 e. The molecule has 0 radical (unpaired) electrons. The van der Waals surface area contributed by atoms with E-state index in [9.17, 15) is 22.0 Å². The van der Waals surface area contributed by atoms with Gasteiger partial charge in [-0.05, 0) is 30.3 Å². The SMILES string of the molecule is CS(=O)(=O)c1ccc(F)c(NC(=O)c2cc(F)c(Cl)cc2Cl)c1. The Balaban J connectivity index is 2.40. The molecule has 2 aromatic rings. The number of hydrogen-bond acceptors (Lipinski definition) is 3. The van der Waals surface area contributed by atoms with Crippen molar-refractivity contribution in [3.63, 3.8) is 0 Å². The lowest BCUT2D eigenvalue weighted by Crippen LogP contribution is -2.14. The number of amides is 1. The topological polar surface area (TPSA) is 63.2 Å². The molecule has 9 heteroatoms. The van der Waals surface area contributed by atoms with Gasteiger partial charge in [0.2, 0.25) is 0 Å². The zero-order valence-electron chi connectivity index (χ0n) is 11.5. The molecule has 0 unspecified atom stereocenters. The fraction of sp³-hybridized carbons (Fsp3) is 0.0714. The van der Waals surface area contributed by atoms with Crippen LogP contribution in [-0.2, 0) is 9.84 Å². The van der Waals surface area contributed by atoms with Crippen LogP contribution in [-0.4, -0.2) is 20.6 Å². The summed E-state index contributed by atoms with van der Waals surface area (Å²) in [5.41, 5.74) is -0.637. The molecule has 0 aromatic heterocycles. The van der Waals surface area contributed by atoms with Crippen LogP contribution in [0, 0.1) is 11.6 Å². The molecule has 4 nitrogen and oxygen atoms in total. The van der Waals surface area contributed by atoms with Gasteiger partial charge in [0.15, 0.2) is 9.84 Å². The molecule has 0 spiro atoms. The molecule has 1 amide bonds. The highest BCUT2D eigenvalue weighted by atomic mass is 35.5. The third-order valence-corrected chi connectivity index (χ3v) is 4.58. The van der Waals surface area contributed by atoms with Crippen LogP contribution in [0.3, 0.4) is 0 Å². The Morgan fingerprint density at radius 1 is 1.04 bits per heavy atom. The van der Waals surface area contributed by atoms with E-state index in [1.165, 1.54) is 0 Å². The first-order valence-electron chi connectivity index (χ1n) is 6.05. The quantitative estimate of drug-likeness (QED) is 0.649. The molecule has 0 atom stereocenters. The smallest absolute Gasteiger partial charge is 0.257 e. The van der Waals surface area contributed by atoms with Gasteiger partial charge >= 0.3 is 0 Å². The van der Waals surface area contributed by atoms with E-state index in [-0.39, 0.29) is 26.2 Å². The van der Waals surface area contributed by atoms with Crippen LogP contribution in [0.1, 0.15) is 10.4 Å². The molecule has 122 valence electrons. The van der Waals surface area contributed by atoms with E-state index >= 15 is 0 Å². The number of sulfone groups is 1. The highest BCUT2D eigenvalue weighted by Crippen LogP contribution is 2.26. The summed E-state index contributed by atoms with van der Waals surface area (Å²) < 4.78 is 50.1. The maximum absolute atomic E-state index is 13.7. The van der Waals surface area contributed by atoms with E-state index in [0.717, 1.165) is 36.6 Å². The van der Waals surface area contributed by atoms with Crippen molar-refractivity contribution in [2.45, 2.75) is 4.90 Å². The van der Waals surface area contributed by atoms with Crippen molar-refractivity contribution in [3.05, 3.63) is 57.6 Å². The van der Waals surface area contributed by atoms with Gasteiger partial charge in [0.25, 0.3) is 5.91 Å². The molecule has 0 saturated carbocycles. The number of hydrogen-bond donors (Lipinski definition) is 1. The van der Waals surface area contributed by atoms with Crippen molar-refractivity contribution >= 4 is 44.6 Å². The van der Waals surface area contributed by atoms with Crippen LogP contribution in [0.15, 0.2) is 35.2 Å². The third kappa shape index (κ3) is 3.99. The van der Waals surface area contributed by atoms with Crippen LogP contribution in [0.25, 0.3) is 0 Å². The predicted octanol–water partition coefficient (Wildman–Crippen LogP) is 3.93. The standard InChI is InChI=1S/C14H9Cl2F2NO3S/c1-23(21,22)7-2-3-11(17)13(4-7)19-14(20)8-5-12(18)10(16)6-9(8)15/h2-6H,1H3,(H,19,20). The molecular weight excluding hydrogens is 371 g/mol. The fourth-order valence-corrected chi connectivity index (χ4v) is 2.83. The van der Waals surface area contributed by atoms with Crippen molar-refractivity contribution in [2.24, 2.45) is 0 Å². The summed E-state index contributed by atoms with van der Waals surface area (Å²) in [4.78, 5) is 11.9. The Morgan fingerprint density at radius 3 is 2.30 bits per heavy atom. The zero-order valence-corrected chi connectivity index (χ0v) is 13.9. The summed E-state index contributed by atoms with van der Waals surface area (Å²) in [5, 5.41) is 1.76. The van der Waals surface area contributed by atoms with E-state index in [4.69, 9.17) is 23.2 Å². The molecule has 1 N–H and O–H groups in total. The van der Waals surface area contributed by atoms with Crippen molar-refractivity contribution in [1.82, 2.24) is 0 Å². The molecule has 23 heavy (non-hydrogen) atoms. The zero-order chi connectivity index (χ0) is 17.4. The number of anilines is 1. The molecule has 2 aromatic carbocycles. The average Bonchev–Trinajstić information content (AvgIpc) is 2.43. The Kier molecular flexibility index (Phi) is 4.93. The Morgan fingerprint density at radius 2 is 1.70 bits per heavy atom. The van der Waals surface area contributed by atoms with Gasteiger partial charge in [0, 0.05) is 6.26 Å². The molecule has 0 bridgehead atoms. The normalized spacial score (nSPS) is 11.3. The van der Waals surface area contributed by atoms with E-state index in [0.29, 0.717) is 0 Å². The van der Waals surface area contributed by atoms with Gasteiger partial charge in [-0.1, -0.05) is 23.2 Å². The highest BCUT2D eigenvalue weighted by molar-refractivity contribution is 7.90. The number of carbonyl (C=O) groups is 1. The van der Waals surface area contributed by atoms with Crippen molar-refractivity contribution in [2.75, 3.05) is 11.6 Å². The molecule has 0 fully saturated rings. The molecule has 0 aliphatic heterocycles. The third-order valence-electron chi connectivity index (χ3n) is 2.87. The maximum atomic E-state index is 13.7. The first-order chi connectivity index (χ1) is 10.6. The first-order valence-corrected chi connectivity index (χ1v) is 8.70. The molecular formula is C14H9Cl2F2NO3S. The maximum Gasteiger partial charge on any atom is 0.257 e. The number of benzene rings is 2. The van der Waals surface area contributed by atoms with E-state index in [2.05, 4.69) is 5.32 Å². The van der Waals surface area contributed by atoms with Crippen molar-refractivity contribution in [3.8, 4) is 0 Å². The monoisotopic (exact) mass is 379 g/mol. The minimum atomic E-state index is -3.58.